The Morgan fingerprint density at radius 2 is 2.22 bits per heavy atom. The molecule has 0 unspecified atom stereocenters. The Labute approximate surface area is 108 Å². The number of nitrogens with two attached hydrogens (primary N) is 1. The van der Waals surface area contributed by atoms with Crippen LogP contribution in [0.25, 0.3) is 0 Å². The molecular formula is C14H22N2O2. The first-order valence-electron chi connectivity index (χ1n) is 6.52. The predicted octanol–water partition coefficient (Wildman–Crippen LogP) is 1.62. The molecule has 18 heavy (non-hydrogen) atoms. The van der Waals surface area contributed by atoms with Crippen molar-refractivity contribution >= 4 is 5.69 Å². The van der Waals surface area contributed by atoms with E-state index in [2.05, 4.69) is 4.90 Å². The fourth-order valence-corrected chi connectivity index (χ4v) is 2.38. The molecule has 1 aliphatic rings. The summed E-state index contributed by atoms with van der Waals surface area (Å²) in [5.41, 5.74) is 7.60. The molecule has 4 heteroatoms. The molecule has 0 radical (unpaired) electrons. The van der Waals surface area contributed by atoms with Crippen molar-refractivity contribution in [1.29, 1.82) is 0 Å². The van der Waals surface area contributed by atoms with Gasteiger partial charge in [-0.2, -0.15) is 0 Å². The van der Waals surface area contributed by atoms with Crippen LogP contribution in [0.1, 0.15) is 24.8 Å². The number of aliphatic hydroxyl groups excluding tert-OH is 1. The van der Waals surface area contributed by atoms with Crippen molar-refractivity contribution in [1.82, 2.24) is 4.90 Å². The molecule has 0 amide bonds. The summed E-state index contributed by atoms with van der Waals surface area (Å²) in [6, 6.07) is 6.37. The van der Waals surface area contributed by atoms with Gasteiger partial charge in [0.1, 0.15) is 5.75 Å². The number of nitrogens with zero attached hydrogens (tertiary/aromatic N) is 1. The van der Waals surface area contributed by atoms with E-state index in [-0.39, 0.29) is 6.61 Å². The van der Waals surface area contributed by atoms with Gasteiger partial charge in [0, 0.05) is 36.4 Å². The summed E-state index contributed by atoms with van der Waals surface area (Å²) in [4.78, 5) is 2.33. The highest BCUT2D eigenvalue weighted by molar-refractivity contribution is 5.48. The van der Waals surface area contributed by atoms with Crippen LogP contribution in [-0.2, 0) is 6.54 Å². The molecule has 0 heterocycles. The van der Waals surface area contributed by atoms with Crippen LogP contribution in [0.2, 0.25) is 0 Å². The van der Waals surface area contributed by atoms with Crippen LogP contribution >= 0.6 is 0 Å². The van der Waals surface area contributed by atoms with E-state index in [1.54, 1.807) is 7.11 Å². The van der Waals surface area contributed by atoms with Crippen LogP contribution in [-0.4, -0.2) is 36.3 Å². The standard InChI is InChI=1S/C14H22N2O2/c1-18-14-9-12(15)6-5-11(14)10-16(7-8-17)13-3-2-4-13/h5-6,9,13,17H,2-4,7-8,10,15H2,1H3. The van der Waals surface area contributed by atoms with Crippen LogP contribution in [0, 0.1) is 0 Å². The third kappa shape index (κ3) is 2.94. The van der Waals surface area contributed by atoms with E-state index in [0.29, 0.717) is 11.7 Å². The average Bonchev–Trinajstić information content (AvgIpc) is 2.29. The molecule has 1 saturated carbocycles. The Kier molecular flexibility index (Phi) is 4.44. The van der Waals surface area contributed by atoms with E-state index in [9.17, 15) is 0 Å². The Bertz CT molecular complexity index is 391. The molecular weight excluding hydrogens is 228 g/mol. The molecule has 4 nitrogen and oxygen atoms in total. The minimum Gasteiger partial charge on any atom is -0.496 e. The first-order chi connectivity index (χ1) is 8.74. The van der Waals surface area contributed by atoms with E-state index < -0.39 is 0 Å². The topological polar surface area (TPSA) is 58.7 Å². The zero-order valence-corrected chi connectivity index (χ0v) is 10.9. The fourth-order valence-electron chi connectivity index (χ4n) is 2.38. The highest BCUT2D eigenvalue weighted by Gasteiger charge is 2.25. The molecule has 0 saturated heterocycles. The maximum Gasteiger partial charge on any atom is 0.125 e. The Morgan fingerprint density at radius 1 is 1.44 bits per heavy atom. The summed E-state index contributed by atoms with van der Waals surface area (Å²) in [5, 5.41) is 9.16. The van der Waals surface area contributed by atoms with Gasteiger partial charge in [-0.15, -0.1) is 0 Å². The SMILES string of the molecule is COc1cc(N)ccc1CN(CCO)C1CCC1. The molecule has 100 valence electrons. The summed E-state index contributed by atoms with van der Waals surface area (Å²) in [6.45, 7) is 1.74. The van der Waals surface area contributed by atoms with Crippen molar-refractivity contribution in [2.45, 2.75) is 31.8 Å². The number of aliphatic hydroxyl groups is 1. The number of nitrogen functional groups attached to an aromatic ring is 1. The summed E-state index contributed by atoms with van der Waals surface area (Å²) >= 11 is 0. The van der Waals surface area contributed by atoms with Gasteiger partial charge in [-0.25, -0.2) is 0 Å². The van der Waals surface area contributed by atoms with Gasteiger partial charge in [0.25, 0.3) is 0 Å². The van der Waals surface area contributed by atoms with Crippen molar-refractivity contribution in [3.63, 3.8) is 0 Å². The quantitative estimate of drug-likeness (QED) is 0.753. The minimum atomic E-state index is 0.202. The van der Waals surface area contributed by atoms with Crippen molar-refractivity contribution in [3.8, 4) is 5.75 Å². The van der Waals surface area contributed by atoms with Crippen LogP contribution < -0.4 is 10.5 Å². The summed E-state index contributed by atoms with van der Waals surface area (Å²) < 4.78 is 5.37. The van der Waals surface area contributed by atoms with Crippen LogP contribution in [0.15, 0.2) is 18.2 Å². The molecule has 0 aliphatic heterocycles. The average molecular weight is 250 g/mol. The molecule has 0 aromatic heterocycles. The van der Waals surface area contributed by atoms with Gasteiger partial charge in [0.2, 0.25) is 0 Å². The smallest absolute Gasteiger partial charge is 0.125 e. The highest BCUT2D eigenvalue weighted by atomic mass is 16.5. The second kappa shape index (κ2) is 6.07. The van der Waals surface area contributed by atoms with Gasteiger partial charge in [-0.1, -0.05) is 12.5 Å². The lowest BCUT2D eigenvalue weighted by Crippen LogP contribution is -2.41. The zero-order valence-electron chi connectivity index (χ0n) is 10.9. The van der Waals surface area contributed by atoms with Gasteiger partial charge in [0.05, 0.1) is 13.7 Å². The van der Waals surface area contributed by atoms with Crippen molar-refractivity contribution < 1.29 is 9.84 Å². The molecule has 1 aliphatic carbocycles. The van der Waals surface area contributed by atoms with E-state index in [4.69, 9.17) is 15.6 Å². The summed E-state index contributed by atoms with van der Waals surface area (Å²) in [7, 11) is 1.66. The summed E-state index contributed by atoms with van der Waals surface area (Å²) in [6.07, 6.45) is 3.76. The first-order valence-corrected chi connectivity index (χ1v) is 6.52. The molecule has 1 aromatic rings. The van der Waals surface area contributed by atoms with Crippen LogP contribution in [0.5, 0.6) is 5.75 Å². The largest absolute Gasteiger partial charge is 0.496 e. The van der Waals surface area contributed by atoms with Crippen molar-refractivity contribution in [3.05, 3.63) is 23.8 Å². The number of hydrogen-bond donors (Lipinski definition) is 2. The zero-order chi connectivity index (χ0) is 13.0. The molecule has 3 N–H and O–H groups in total. The first kappa shape index (κ1) is 13.2. The normalized spacial score (nSPS) is 15.7. The number of methoxy groups -OCH3 is 1. The van der Waals surface area contributed by atoms with Gasteiger partial charge >= 0.3 is 0 Å². The van der Waals surface area contributed by atoms with Gasteiger partial charge in [-0.3, -0.25) is 4.90 Å². The highest BCUT2D eigenvalue weighted by Crippen LogP contribution is 2.29. The predicted molar refractivity (Wildman–Crippen MR) is 72.5 cm³/mol. The number of benzene rings is 1. The fraction of sp³-hybridized carbons (Fsp3) is 0.571. The lowest BCUT2D eigenvalue weighted by molar-refractivity contribution is 0.0937. The van der Waals surface area contributed by atoms with E-state index in [0.717, 1.165) is 24.4 Å². The van der Waals surface area contributed by atoms with Gasteiger partial charge in [-0.05, 0) is 18.9 Å². The monoisotopic (exact) mass is 250 g/mol. The van der Waals surface area contributed by atoms with Crippen LogP contribution in [0.4, 0.5) is 5.69 Å². The molecule has 0 bridgehead atoms. The third-order valence-corrected chi connectivity index (χ3v) is 3.66. The minimum absolute atomic E-state index is 0.202. The summed E-state index contributed by atoms with van der Waals surface area (Å²) in [5.74, 6) is 0.831. The van der Waals surface area contributed by atoms with Gasteiger partial charge < -0.3 is 15.6 Å². The molecule has 0 atom stereocenters. The maximum absolute atomic E-state index is 9.16. The number of anilines is 1. The lowest BCUT2D eigenvalue weighted by atomic mass is 9.91. The lowest BCUT2D eigenvalue weighted by Gasteiger charge is -2.37. The van der Waals surface area contributed by atoms with Crippen molar-refractivity contribution in [2.24, 2.45) is 0 Å². The molecule has 1 fully saturated rings. The maximum atomic E-state index is 9.16. The third-order valence-electron chi connectivity index (χ3n) is 3.66. The number of hydrogen-bond acceptors (Lipinski definition) is 4. The van der Waals surface area contributed by atoms with Gasteiger partial charge in [0.15, 0.2) is 0 Å². The van der Waals surface area contributed by atoms with E-state index >= 15 is 0 Å². The van der Waals surface area contributed by atoms with E-state index in [1.165, 1.54) is 19.3 Å². The Hall–Kier alpha value is -1.26. The molecule has 2 rings (SSSR count). The second-order valence-corrected chi connectivity index (χ2v) is 4.85. The Balaban J connectivity index is 2.09. The van der Waals surface area contributed by atoms with E-state index in [1.807, 2.05) is 18.2 Å². The Morgan fingerprint density at radius 3 is 2.78 bits per heavy atom. The number of rotatable bonds is 6. The van der Waals surface area contributed by atoms with Crippen molar-refractivity contribution in [2.75, 3.05) is 26.0 Å². The molecule has 0 spiro atoms. The molecule has 1 aromatic carbocycles. The van der Waals surface area contributed by atoms with Crippen LogP contribution in [0.3, 0.4) is 0 Å². The number of ether oxygens (including phenoxy) is 1. The second-order valence-electron chi connectivity index (χ2n) is 4.85.